The number of benzene rings is 1. The van der Waals surface area contributed by atoms with Gasteiger partial charge in [0.15, 0.2) is 0 Å². The second-order valence-corrected chi connectivity index (χ2v) is 7.01. The van der Waals surface area contributed by atoms with E-state index < -0.39 is 10.0 Å². The molecule has 17 heavy (non-hydrogen) atoms. The van der Waals surface area contributed by atoms with Gasteiger partial charge in [0.2, 0.25) is 10.0 Å². The minimum absolute atomic E-state index is 0.194. The molecule has 0 spiro atoms. The molecule has 1 saturated heterocycles. The molecule has 1 fully saturated rings. The minimum atomic E-state index is -3.04. The topological polar surface area (TPSA) is 37.4 Å². The van der Waals surface area contributed by atoms with Crippen molar-refractivity contribution >= 4 is 10.0 Å². The van der Waals surface area contributed by atoms with Crippen LogP contribution in [0.25, 0.3) is 0 Å². The molecular formula is C13H17NO2S. The van der Waals surface area contributed by atoms with Crippen LogP contribution in [-0.4, -0.2) is 31.6 Å². The summed E-state index contributed by atoms with van der Waals surface area (Å²) >= 11 is 0. The number of rotatable bonds is 1. The maximum absolute atomic E-state index is 11.7. The van der Waals surface area contributed by atoms with Crippen LogP contribution < -0.4 is 0 Å². The standard InChI is InChI=1S/C13H17NO2S/c1-17(15,16)14-9-8-12-11-5-3-2-4-10(11)6-7-13(12)14/h2-5,12-13H,6-9H2,1H3/t12-,13+/m1/s1. The van der Waals surface area contributed by atoms with Gasteiger partial charge in [-0.2, -0.15) is 4.31 Å². The van der Waals surface area contributed by atoms with Gasteiger partial charge in [0.25, 0.3) is 0 Å². The van der Waals surface area contributed by atoms with Crippen molar-refractivity contribution in [2.45, 2.75) is 31.2 Å². The van der Waals surface area contributed by atoms with Crippen LogP contribution in [0.3, 0.4) is 0 Å². The van der Waals surface area contributed by atoms with Gasteiger partial charge in [0, 0.05) is 18.5 Å². The van der Waals surface area contributed by atoms with Crippen molar-refractivity contribution in [2.24, 2.45) is 0 Å². The monoisotopic (exact) mass is 251 g/mol. The molecule has 1 aromatic carbocycles. The van der Waals surface area contributed by atoms with Crippen LogP contribution >= 0.6 is 0 Å². The molecule has 0 bridgehead atoms. The molecule has 1 aromatic rings. The largest absolute Gasteiger partial charge is 0.212 e. The van der Waals surface area contributed by atoms with Crippen LogP contribution in [-0.2, 0) is 16.4 Å². The van der Waals surface area contributed by atoms with Crippen LogP contribution in [0.5, 0.6) is 0 Å². The van der Waals surface area contributed by atoms with E-state index in [1.54, 1.807) is 4.31 Å². The molecule has 0 unspecified atom stereocenters. The number of hydrogen-bond donors (Lipinski definition) is 0. The van der Waals surface area contributed by atoms with Crippen LogP contribution in [0, 0.1) is 0 Å². The smallest absolute Gasteiger partial charge is 0.211 e. The highest BCUT2D eigenvalue weighted by Crippen LogP contribution is 2.42. The Bertz CT molecular complexity index is 538. The van der Waals surface area contributed by atoms with Crippen molar-refractivity contribution in [2.75, 3.05) is 12.8 Å². The van der Waals surface area contributed by atoms with Gasteiger partial charge in [-0.1, -0.05) is 24.3 Å². The molecule has 92 valence electrons. The van der Waals surface area contributed by atoms with E-state index in [0.29, 0.717) is 12.5 Å². The molecule has 0 amide bonds. The molecule has 0 radical (unpaired) electrons. The highest BCUT2D eigenvalue weighted by molar-refractivity contribution is 7.88. The third kappa shape index (κ3) is 1.79. The van der Waals surface area contributed by atoms with Gasteiger partial charge in [-0.3, -0.25) is 0 Å². The first-order chi connectivity index (χ1) is 8.07. The highest BCUT2D eigenvalue weighted by atomic mass is 32.2. The number of sulfonamides is 1. The molecule has 0 aromatic heterocycles. The number of nitrogens with zero attached hydrogens (tertiary/aromatic N) is 1. The highest BCUT2D eigenvalue weighted by Gasteiger charge is 2.42. The van der Waals surface area contributed by atoms with Crippen LogP contribution in [0.15, 0.2) is 24.3 Å². The lowest BCUT2D eigenvalue weighted by atomic mass is 9.80. The van der Waals surface area contributed by atoms with E-state index in [0.717, 1.165) is 19.3 Å². The Balaban J connectivity index is 1.99. The summed E-state index contributed by atoms with van der Waals surface area (Å²) in [6.45, 7) is 0.683. The van der Waals surface area contributed by atoms with E-state index in [2.05, 4.69) is 24.3 Å². The summed E-state index contributed by atoms with van der Waals surface area (Å²) in [6, 6.07) is 8.67. The van der Waals surface area contributed by atoms with Crippen molar-refractivity contribution in [3.63, 3.8) is 0 Å². The summed E-state index contributed by atoms with van der Waals surface area (Å²) in [5.74, 6) is 0.412. The first-order valence-corrected chi connectivity index (χ1v) is 7.97. The Hall–Kier alpha value is -0.870. The lowest BCUT2D eigenvalue weighted by molar-refractivity contribution is 0.344. The third-order valence-corrected chi connectivity index (χ3v) is 5.39. The fraction of sp³-hybridized carbons (Fsp3) is 0.538. The van der Waals surface area contributed by atoms with Crippen LogP contribution in [0.2, 0.25) is 0 Å². The molecule has 4 heteroatoms. The molecular weight excluding hydrogens is 234 g/mol. The van der Waals surface area contributed by atoms with E-state index in [4.69, 9.17) is 0 Å². The molecule has 1 aliphatic heterocycles. The second-order valence-electron chi connectivity index (χ2n) is 5.07. The Labute approximate surface area is 102 Å². The zero-order chi connectivity index (χ0) is 12.0. The summed E-state index contributed by atoms with van der Waals surface area (Å²) in [5.41, 5.74) is 2.78. The first kappa shape index (κ1) is 11.2. The summed E-state index contributed by atoms with van der Waals surface area (Å²) in [4.78, 5) is 0. The fourth-order valence-corrected chi connectivity index (χ4v) is 4.55. The molecule has 0 saturated carbocycles. The van der Waals surface area contributed by atoms with E-state index in [1.165, 1.54) is 17.4 Å². The maximum Gasteiger partial charge on any atom is 0.211 e. The zero-order valence-corrected chi connectivity index (χ0v) is 10.8. The number of hydrogen-bond acceptors (Lipinski definition) is 2. The zero-order valence-electron chi connectivity index (χ0n) is 9.96. The molecule has 1 aliphatic carbocycles. The normalized spacial score (nSPS) is 28.8. The van der Waals surface area contributed by atoms with Gasteiger partial charge in [-0.25, -0.2) is 8.42 Å². The van der Waals surface area contributed by atoms with Crippen molar-refractivity contribution in [3.05, 3.63) is 35.4 Å². The van der Waals surface area contributed by atoms with Crippen LogP contribution in [0.4, 0.5) is 0 Å². The lowest BCUT2D eigenvalue weighted by Crippen LogP contribution is -2.38. The maximum atomic E-state index is 11.7. The Morgan fingerprint density at radius 3 is 2.76 bits per heavy atom. The van der Waals surface area contributed by atoms with Gasteiger partial charge in [-0.15, -0.1) is 0 Å². The SMILES string of the molecule is CS(=O)(=O)N1CC[C@@H]2c3ccccc3CC[C@@H]21. The van der Waals surface area contributed by atoms with Crippen LogP contribution in [0.1, 0.15) is 29.9 Å². The quantitative estimate of drug-likeness (QED) is 0.762. The molecule has 1 heterocycles. The second kappa shape index (κ2) is 3.82. The predicted octanol–water partition coefficient (Wildman–Crippen LogP) is 1.75. The van der Waals surface area contributed by atoms with Gasteiger partial charge in [0.05, 0.1) is 6.26 Å². The van der Waals surface area contributed by atoms with Gasteiger partial charge in [0.1, 0.15) is 0 Å². The average molecular weight is 251 g/mol. The summed E-state index contributed by atoms with van der Waals surface area (Å²) in [5, 5.41) is 0. The molecule has 3 nitrogen and oxygen atoms in total. The first-order valence-electron chi connectivity index (χ1n) is 6.12. The molecule has 3 rings (SSSR count). The van der Waals surface area contributed by atoms with Crippen molar-refractivity contribution in [1.82, 2.24) is 4.31 Å². The van der Waals surface area contributed by atoms with E-state index in [-0.39, 0.29) is 6.04 Å². The molecule has 0 N–H and O–H groups in total. The average Bonchev–Trinajstić information content (AvgIpc) is 2.72. The lowest BCUT2D eigenvalue weighted by Gasteiger charge is -2.32. The van der Waals surface area contributed by atoms with Crippen molar-refractivity contribution < 1.29 is 8.42 Å². The number of fused-ring (bicyclic) bond motifs is 3. The number of aryl methyl sites for hydroxylation is 1. The van der Waals surface area contributed by atoms with E-state index in [9.17, 15) is 8.42 Å². The van der Waals surface area contributed by atoms with E-state index >= 15 is 0 Å². The predicted molar refractivity (Wildman–Crippen MR) is 67.5 cm³/mol. The molecule has 2 aliphatic rings. The third-order valence-electron chi connectivity index (χ3n) is 4.08. The Morgan fingerprint density at radius 1 is 1.24 bits per heavy atom. The minimum Gasteiger partial charge on any atom is -0.212 e. The summed E-state index contributed by atoms with van der Waals surface area (Å²) < 4.78 is 25.2. The van der Waals surface area contributed by atoms with Crippen molar-refractivity contribution in [1.29, 1.82) is 0 Å². The Kier molecular flexibility index (Phi) is 2.52. The summed E-state index contributed by atoms with van der Waals surface area (Å²) in [7, 11) is -3.04. The summed E-state index contributed by atoms with van der Waals surface area (Å²) in [6.07, 6.45) is 4.27. The van der Waals surface area contributed by atoms with Gasteiger partial charge < -0.3 is 0 Å². The van der Waals surface area contributed by atoms with Gasteiger partial charge in [-0.05, 0) is 30.4 Å². The van der Waals surface area contributed by atoms with Gasteiger partial charge >= 0.3 is 0 Å². The van der Waals surface area contributed by atoms with E-state index in [1.807, 2.05) is 0 Å². The van der Waals surface area contributed by atoms with Crippen molar-refractivity contribution in [3.8, 4) is 0 Å². The Morgan fingerprint density at radius 2 is 2.00 bits per heavy atom. The fourth-order valence-electron chi connectivity index (χ4n) is 3.37. The molecule has 2 atom stereocenters.